The zero-order valence-corrected chi connectivity index (χ0v) is 13.3. The first-order chi connectivity index (χ1) is 9.97. The van der Waals surface area contributed by atoms with Crippen molar-refractivity contribution in [1.82, 2.24) is 5.32 Å². The third-order valence-corrected chi connectivity index (χ3v) is 4.82. The number of hydrogen-bond acceptors (Lipinski definition) is 4. The van der Waals surface area contributed by atoms with Crippen molar-refractivity contribution in [1.29, 1.82) is 0 Å². The fourth-order valence-electron chi connectivity index (χ4n) is 2.38. The molecule has 0 aromatic heterocycles. The van der Waals surface area contributed by atoms with Gasteiger partial charge in [0.2, 0.25) is 0 Å². The number of carbonyl (C=O) groups excluding carboxylic acids is 1. The zero-order valence-electron chi connectivity index (χ0n) is 11.7. The summed E-state index contributed by atoms with van der Waals surface area (Å²) in [4.78, 5) is 22.7. The predicted octanol–water partition coefficient (Wildman–Crippen LogP) is 2.58. The molecule has 0 bridgehead atoms. The van der Waals surface area contributed by atoms with Crippen LogP contribution in [0, 0.1) is 17.0 Å². The summed E-state index contributed by atoms with van der Waals surface area (Å²) in [6.07, 6.45) is 1.49. The van der Waals surface area contributed by atoms with E-state index in [2.05, 4.69) is 21.2 Å². The van der Waals surface area contributed by atoms with Crippen LogP contribution in [0.25, 0.3) is 0 Å². The fraction of sp³-hybridized carbons (Fsp3) is 0.500. The Hall–Kier alpha value is -1.47. The Morgan fingerprint density at radius 3 is 2.67 bits per heavy atom. The van der Waals surface area contributed by atoms with Gasteiger partial charge in [-0.05, 0) is 31.4 Å². The van der Waals surface area contributed by atoms with Gasteiger partial charge in [-0.2, -0.15) is 0 Å². The van der Waals surface area contributed by atoms with Crippen LogP contribution in [0.2, 0.25) is 0 Å². The van der Waals surface area contributed by atoms with Gasteiger partial charge in [0.15, 0.2) is 0 Å². The van der Waals surface area contributed by atoms with Crippen LogP contribution in [0.4, 0.5) is 5.69 Å². The van der Waals surface area contributed by atoms with Crippen LogP contribution in [0.15, 0.2) is 18.2 Å². The molecule has 0 saturated carbocycles. The van der Waals surface area contributed by atoms with Gasteiger partial charge in [0.1, 0.15) is 0 Å². The normalized spacial score (nSPS) is 17.2. The van der Waals surface area contributed by atoms with Crippen LogP contribution in [0.5, 0.6) is 0 Å². The summed E-state index contributed by atoms with van der Waals surface area (Å²) in [6, 6.07) is 4.27. The summed E-state index contributed by atoms with van der Waals surface area (Å²) in [5.74, 6) is -0.205. The quantitative estimate of drug-likeness (QED) is 0.510. The summed E-state index contributed by atoms with van der Waals surface area (Å²) in [7, 11) is 0. The number of nitro benzene ring substituents is 1. The molecule has 0 aliphatic carbocycles. The number of rotatable bonds is 4. The molecule has 0 unspecified atom stereocenters. The van der Waals surface area contributed by atoms with Crippen molar-refractivity contribution in [2.75, 3.05) is 18.5 Å². The van der Waals surface area contributed by atoms with Gasteiger partial charge in [0.05, 0.1) is 10.5 Å². The summed E-state index contributed by atoms with van der Waals surface area (Å²) in [5, 5.41) is 14.4. The Morgan fingerprint density at radius 1 is 1.48 bits per heavy atom. The molecule has 1 N–H and O–H groups in total. The van der Waals surface area contributed by atoms with E-state index in [0.717, 1.165) is 12.8 Å². The van der Waals surface area contributed by atoms with Gasteiger partial charge in [0.25, 0.3) is 11.6 Å². The van der Waals surface area contributed by atoms with Gasteiger partial charge in [-0.25, -0.2) is 0 Å². The highest BCUT2D eigenvalue weighted by Crippen LogP contribution is 2.24. The first-order valence-corrected chi connectivity index (χ1v) is 7.81. The number of amides is 1. The molecule has 7 heteroatoms. The molecule has 1 heterocycles. The van der Waals surface area contributed by atoms with Gasteiger partial charge in [-0.3, -0.25) is 14.9 Å². The summed E-state index contributed by atoms with van der Waals surface area (Å²) in [6.45, 7) is 2.93. The molecule has 1 fully saturated rings. The lowest BCUT2D eigenvalue weighted by Crippen LogP contribution is -2.53. The minimum Gasteiger partial charge on any atom is -0.381 e. The molecule has 1 amide bonds. The van der Waals surface area contributed by atoms with E-state index < -0.39 is 4.92 Å². The molecule has 1 saturated heterocycles. The number of non-ortho nitro benzene ring substituents is 1. The maximum atomic E-state index is 12.4. The monoisotopic (exact) mass is 356 g/mol. The van der Waals surface area contributed by atoms with E-state index in [1.807, 2.05) is 0 Å². The zero-order chi connectivity index (χ0) is 15.5. The molecule has 21 heavy (non-hydrogen) atoms. The van der Waals surface area contributed by atoms with Crippen molar-refractivity contribution in [2.24, 2.45) is 0 Å². The molecule has 1 aromatic carbocycles. The number of alkyl halides is 1. The largest absolute Gasteiger partial charge is 0.381 e. The van der Waals surface area contributed by atoms with Crippen LogP contribution < -0.4 is 5.32 Å². The van der Waals surface area contributed by atoms with Gasteiger partial charge >= 0.3 is 0 Å². The summed E-state index contributed by atoms with van der Waals surface area (Å²) >= 11 is 3.46. The van der Waals surface area contributed by atoms with Crippen LogP contribution in [0.1, 0.15) is 28.8 Å². The third-order valence-electron chi connectivity index (χ3n) is 3.75. The number of aryl methyl sites for hydroxylation is 1. The molecule has 0 atom stereocenters. The molecular formula is C14H17BrN2O4. The maximum Gasteiger partial charge on any atom is 0.269 e. The van der Waals surface area contributed by atoms with Gasteiger partial charge in [-0.1, -0.05) is 15.9 Å². The van der Waals surface area contributed by atoms with E-state index in [9.17, 15) is 14.9 Å². The number of nitrogens with zero attached hydrogens (tertiary/aromatic N) is 1. The molecule has 6 nitrogen and oxygen atoms in total. The van der Waals surface area contributed by atoms with Crippen LogP contribution >= 0.6 is 15.9 Å². The van der Waals surface area contributed by atoms with E-state index in [4.69, 9.17) is 4.74 Å². The minimum absolute atomic E-state index is 0.00896. The lowest BCUT2D eigenvalue weighted by molar-refractivity contribution is -0.384. The van der Waals surface area contributed by atoms with Crippen molar-refractivity contribution in [2.45, 2.75) is 25.3 Å². The Morgan fingerprint density at radius 2 is 2.14 bits per heavy atom. The van der Waals surface area contributed by atoms with Crippen molar-refractivity contribution >= 4 is 27.5 Å². The summed E-state index contributed by atoms with van der Waals surface area (Å²) in [5.41, 5.74) is 0.736. The van der Waals surface area contributed by atoms with Crippen LogP contribution in [-0.4, -0.2) is 34.9 Å². The highest BCUT2D eigenvalue weighted by Gasteiger charge is 2.33. The molecule has 1 aliphatic heterocycles. The number of carbonyl (C=O) groups is 1. The maximum absolute atomic E-state index is 12.4. The SMILES string of the molecule is Cc1cc([N+](=O)[O-])ccc1C(=O)NC1(CBr)CCOCC1. The average molecular weight is 357 g/mol. The molecule has 0 radical (unpaired) electrons. The molecule has 1 aliphatic rings. The first kappa shape index (κ1) is 15.9. The second kappa shape index (κ2) is 6.53. The number of halogens is 1. The Labute approximate surface area is 131 Å². The van der Waals surface area contributed by atoms with Crippen molar-refractivity contribution in [3.8, 4) is 0 Å². The lowest BCUT2D eigenvalue weighted by atomic mass is 9.91. The number of nitrogens with one attached hydrogen (secondary N) is 1. The Kier molecular flexibility index (Phi) is 4.95. The van der Waals surface area contributed by atoms with Crippen LogP contribution in [0.3, 0.4) is 0 Å². The minimum atomic E-state index is -0.465. The topological polar surface area (TPSA) is 81.5 Å². The average Bonchev–Trinajstić information content (AvgIpc) is 2.47. The lowest BCUT2D eigenvalue weighted by Gasteiger charge is -2.36. The highest BCUT2D eigenvalue weighted by atomic mass is 79.9. The van der Waals surface area contributed by atoms with Gasteiger partial charge in [0, 0.05) is 36.2 Å². The van der Waals surface area contributed by atoms with E-state index in [1.54, 1.807) is 6.92 Å². The van der Waals surface area contributed by atoms with E-state index in [-0.39, 0.29) is 17.1 Å². The van der Waals surface area contributed by atoms with Crippen molar-refractivity contribution in [3.63, 3.8) is 0 Å². The second-order valence-corrected chi connectivity index (χ2v) is 5.80. The second-order valence-electron chi connectivity index (χ2n) is 5.24. The molecule has 114 valence electrons. The molecule has 0 spiro atoms. The molecular weight excluding hydrogens is 340 g/mol. The Bertz CT molecular complexity index is 556. The molecule has 2 rings (SSSR count). The van der Waals surface area contributed by atoms with E-state index >= 15 is 0 Å². The summed E-state index contributed by atoms with van der Waals surface area (Å²) < 4.78 is 5.33. The highest BCUT2D eigenvalue weighted by molar-refractivity contribution is 9.09. The van der Waals surface area contributed by atoms with Crippen molar-refractivity contribution < 1.29 is 14.5 Å². The number of benzene rings is 1. The van der Waals surface area contributed by atoms with E-state index in [1.165, 1.54) is 18.2 Å². The fourth-order valence-corrected chi connectivity index (χ4v) is 3.08. The van der Waals surface area contributed by atoms with Gasteiger partial charge in [-0.15, -0.1) is 0 Å². The first-order valence-electron chi connectivity index (χ1n) is 6.69. The van der Waals surface area contributed by atoms with Crippen molar-refractivity contribution in [3.05, 3.63) is 39.4 Å². The molecule has 1 aromatic rings. The van der Waals surface area contributed by atoms with Gasteiger partial charge < -0.3 is 10.1 Å². The predicted molar refractivity (Wildman–Crippen MR) is 81.9 cm³/mol. The third kappa shape index (κ3) is 3.59. The smallest absolute Gasteiger partial charge is 0.269 e. The standard InChI is InChI=1S/C14H17BrN2O4/c1-10-8-11(17(19)20)2-3-12(10)13(18)16-14(9-15)4-6-21-7-5-14/h2-3,8H,4-7,9H2,1H3,(H,16,18). The van der Waals surface area contributed by atoms with E-state index in [0.29, 0.717) is 29.7 Å². The number of hydrogen-bond donors (Lipinski definition) is 1. The number of ether oxygens (including phenoxy) is 1. The van der Waals surface area contributed by atoms with Crippen LogP contribution in [-0.2, 0) is 4.74 Å². The Balaban J connectivity index is 2.18. The number of nitro groups is 1.